The van der Waals surface area contributed by atoms with Crippen LogP contribution in [0.5, 0.6) is 0 Å². The molecular weight excluding hydrogens is 374 g/mol. The van der Waals surface area contributed by atoms with Gasteiger partial charge in [-0.2, -0.15) is 5.10 Å². The molecule has 1 fully saturated rings. The maximum absolute atomic E-state index is 11.9. The van der Waals surface area contributed by atoms with Crippen molar-refractivity contribution in [2.24, 2.45) is 5.92 Å². The zero-order valence-electron chi connectivity index (χ0n) is 15.4. The van der Waals surface area contributed by atoms with Crippen LogP contribution in [-0.4, -0.2) is 32.6 Å². The number of carbonyl (C=O) groups excluding carboxylic acids is 1. The van der Waals surface area contributed by atoms with Gasteiger partial charge in [0.15, 0.2) is 5.16 Å². The fourth-order valence-electron chi connectivity index (χ4n) is 2.57. The number of carbonyl (C=O) groups is 1. The van der Waals surface area contributed by atoms with E-state index >= 15 is 0 Å². The Hall–Kier alpha value is -3.07. The van der Waals surface area contributed by atoms with Crippen molar-refractivity contribution in [2.45, 2.75) is 29.8 Å². The first kappa shape index (κ1) is 18.3. The summed E-state index contributed by atoms with van der Waals surface area (Å²) in [7, 11) is 0. The van der Waals surface area contributed by atoms with E-state index in [1.165, 1.54) is 11.8 Å². The molecule has 0 saturated heterocycles. The average molecular weight is 395 g/mol. The zero-order valence-corrected chi connectivity index (χ0v) is 16.2. The molecule has 144 valence electrons. The van der Waals surface area contributed by atoms with Crippen LogP contribution in [0.1, 0.15) is 19.8 Å². The van der Waals surface area contributed by atoms with Gasteiger partial charge in [-0.15, -0.1) is 0 Å². The van der Waals surface area contributed by atoms with Crippen LogP contribution < -0.4 is 16.0 Å². The van der Waals surface area contributed by atoms with E-state index in [2.05, 4.69) is 36.1 Å². The third-order valence-corrected chi connectivity index (χ3v) is 4.98. The number of aromatic nitrogens is 4. The van der Waals surface area contributed by atoms with Crippen LogP contribution in [0, 0.1) is 5.92 Å². The van der Waals surface area contributed by atoms with Crippen LogP contribution in [0.15, 0.2) is 52.6 Å². The van der Waals surface area contributed by atoms with Crippen LogP contribution in [0.4, 0.5) is 23.1 Å². The Morgan fingerprint density at radius 3 is 2.64 bits per heavy atom. The molecule has 4 rings (SSSR count). The predicted molar refractivity (Wildman–Crippen MR) is 110 cm³/mol. The van der Waals surface area contributed by atoms with Crippen molar-refractivity contribution in [3.8, 4) is 0 Å². The number of anilines is 4. The maximum Gasteiger partial charge on any atom is 0.227 e. The molecule has 0 atom stereocenters. The first-order valence-electron chi connectivity index (χ1n) is 9.18. The lowest BCUT2D eigenvalue weighted by atomic mass is 10.3. The fraction of sp³-hybridized carbons (Fsp3) is 0.263. The smallest absolute Gasteiger partial charge is 0.227 e. The predicted octanol–water partition coefficient (Wildman–Crippen LogP) is 3.87. The highest BCUT2D eigenvalue weighted by Crippen LogP contribution is 2.31. The van der Waals surface area contributed by atoms with E-state index in [0.29, 0.717) is 11.0 Å². The van der Waals surface area contributed by atoms with Gasteiger partial charge in [0.05, 0.1) is 6.20 Å². The molecule has 0 aliphatic heterocycles. The summed E-state index contributed by atoms with van der Waals surface area (Å²) in [4.78, 5) is 22.0. The van der Waals surface area contributed by atoms with E-state index in [4.69, 9.17) is 0 Å². The standard InChI is InChI=1S/C19H21N7OS/c1-2-20-16-11-17(23-15-9-10-21-26-15)25-19(24-16)28-14-7-5-13(6-8-14)22-18(27)12-3-4-12/h5-12H,2-4H2,1H3,(H,22,27)(H3,20,21,23,24,25,26). The van der Waals surface area contributed by atoms with Crippen molar-refractivity contribution in [3.05, 3.63) is 42.6 Å². The Bertz CT molecular complexity index is 939. The monoisotopic (exact) mass is 395 g/mol. The van der Waals surface area contributed by atoms with Crippen LogP contribution in [-0.2, 0) is 4.79 Å². The van der Waals surface area contributed by atoms with Crippen LogP contribution >= 0.6 is 11.8 Å². The van der Waals surface area contributed by atoms with E-state index in [1.54, 1.807) is 6.20 Å². The molecule has 9 heteroatoms. The second kappa shape index (κ2) is 8.30. The number of H-pyrrole nitrogens is 1. The molecule has 4 N–H and O–H groups in total. The molecule has 8 nitrogen and oxygen atoms in total. The minimum Gasteiger partial charge on any atom is -0.370 e. The molecule has 1 saturated carbocycles. The molecule has 2 heterocycles. The minimum atomic E-state index is 0.108. The Morgan fingerprint density at radius 1 is 1.18 bits per heavy atom. The lowest BCUT2D eigenvalue weighted by Gasteiger charge is -2.10. The first-order chi connectivity index (χ1) is 13.7. The molecule has 0 bridgehead atoms. The highest BCUT2D eigenvalue weighted by molar-refractivity contribution is 7.99. The van der Waals surface area contributed by atoms with Gasteiger partial charge >= 0.3 is 0 Å². The van der Waals surface area contributed by atoms with E-state index in [-0.39, 0.29) is 11.8 Å². The molecule has 28 heavy (non-hydrogen) atoms. The average Bonchev–Trinajstić information content (AvgIpc) is 3.42. The second-order valence-electron chi connectivity index (χ2n) is 6.44. The third-order valence-electron chi connectivity index (χ3n) is 4.11. The van der Waals surface area contributed by atoms with E-state index < -0.39 is 0 Å². The number of nitrogens with zero attached hydrogens (tertiary/aromatic N) is 3. The van der Waals surface area contributed by atoms with Crippen molar-refractivity contribution < 1.29 is 4.79 Å². The van der Waals surface area contributed by atoms with Gasteiger partial charge in [-0.3, -0.25) is 9.89 Å². The molecular formula is C19H21N7OS. The lowest BCUT2D eigenvalue weighted by Crippen LogP contribution is -2.12. The summed E-state index contributed by atoms with van der Waals surface area (Å²) in [5.41, 5.74) is 0.810. The van der Waals surface area contributed by atoms with Gasteiger partial charge < -0.3 is 16.0 Å². The molecule has 0 unspecified atom stereocenters. The molecule has 1 aromatic carbocycles. The number of aromatic amines is 1. The lowest BCUT2D eigenvalue weighted by molar-refractivity contribution is -0.117. The van der Waals surface area contributed by atoms with Gasteiger partial charge in [-0.1, -0.05) is 0 Å². The Morgan fingerprint density at radius 2 is 1.96 bits per heavy atom. The third kappa shape index (κ3) is 4.80. The van der Waals surface area contributed by atoms with Crippen molar-refractivity contribution in [3.63, 3.8) is 0 Å². The Labute approximate surface area is 167 Å². The van der Waals surface area contributed by atoms with Crippen LogP contribution in [0.25, 0.3) is 0 Å². The highest BCUT2D eigenvalue weighted by Gasteiger charge is 2.29. The second-order valence-corrected chi connectivity index (χ2v) is 7.48. The Balaban J connectivity index is 1.47. The normalized spacial score (nSPS) is 13.2. The van der Waals surface area contributed by atoms with Crippen molar-refractivity contribution in [1.82, 2.24) is 20.2 Å². The summed E-state index contributed by atoms with van der Waals surface area (Å²) in [6.45, 7) is 2.78. The number of rotatable bonds is 8. The summed E-state index contributed by atoms with van der Waals surface area (Å²) in [5, 5.41) is 16.8. The van der Waals surface area contributed by atoms with E-state index in [0.717, 1.165) is 41.6 Å². The molecule has 1 aliphatic rings. The molecule has 3 aromatic rings. The molecule has 1 amide bonds. The fourth-order valence-corrected chi connectivity index (χ4v) is 3.34. The van der Waals surface area contributed by atoms with Gasteiger partial charge in [0.25, 0.3) is 0 Å². The van der Waals surface area contributed by atoms with E-state index in [1.807, 2.05) is 43.3 Å². The summed E-state index contributed by atoms with van der Waals surface area (Å²) < 4.78 is 0. The zero-order chi connectivity index (χ0) is 19.3. The molecule has 1 aliphatic carbocycles. The number of benzene rings is 1. The minimum absolute atomic E-state index is 0.108. The highest BCUT2D eigenvalue weighted by atomic mass is 32.2. The van der Waals surface area contributed by atoms with Crippen LogP contribution in [0.3, 0.4) is 0 Å². The van der Waals surface area contributed by atoms with Gasteiger partial charge in [-0.25, -0.2) is 9.97 Å². The number of nitrogens with one attached hydrogen (secondary N) is 4. The number of amides is 1. The van der Waals surface area contributed by atoms with Gasteiger partial charge in [0, 0.05) is 35.2 Å². The first-order valence-corrected chi connectivity index (χ1v) is 9.99. The quantitative estimate of drug-likeness (QED) is 0.429. The van der Waals surface area contributed by atoms with Gasteiger partial charge in [0.2, 0.25) is 5.91 Å². The summed E-state index contributed by atoms with van der Waals surface area (Å²) in [5.74, 6) is 2.47. The summed E-state index contributed by atoms with van der Waals surface area (Å²) >= 11 is 1.46. The van der Waals surface area contributed by atoms with Gasteiger partial charge in [0.1, 0.15) is 17.5 Å². The van der Waals surface area contributed by atoms with Gasteiger partial charge in [-0.05, 0) is 55.8 Å². The van der Waals surface area contributed by atoms with Crippen molar-refractivity contribution in [2.75, 3.05) is 22.5 Å². The van der Waals surface area contributed by atoms with Crippen LogP contribution in [0.2, 0.25) is 0 Å². The summed E-state index contributed by atoms with van der Waals surface area (Å²) in [6.07, 6.45) is 3.66. The van der Waals surface area contributed by atoms with Crippen molar-refractivity contribution >= 4 is 40.8 Å². The maximum atomic E-state index is 11.9. The SMILES string of the molecule is CCNc1cc(Nc2ccn[nH]2)nc(Sc2ccc(NC(=O)C3CC3)cc2)n1. The molecule has 0 radical (unpaired) electrons. The topological polar surface area (TPSA) is 108 Å². The van der Waals surface area contributed by atoms with E-state index in [9.17, 15) is 4.79 Å². The largest absolute Gasteiger partial charge is 0.370 e. The number of hydrogen-bond donors (Lipinski definition) is 4. The molecule has 0 spiro atoms. The number of hydrogen-bond acceptors (Lipinski definition) is 7. The Kier molecular flexibility index (Phi) is 5.43. The molecule has 2 aromatic heterocycles. The summed E-state index contributed by atoms with van der Waals surface area (Å²) in [6, 6.07) is 11.4. The van der Waals surface area contributed by atoms with Crippen molar-refractivity contribution in [1.29, 1.82) is 0 Å².